The SMILES string of the molecule is CN(C)CCCNCc1nccc2c3ccccc3n(Cc3ccccc3)c12.Cl.Cl.Cl.Cl. The van der Waals surface area contributed by atoms with Gasteiger partial charge in [-0.3, -0.25) is 4.98 Å². The summed E-state index contributed by atoms with van der Waals surface area (Å²) in [6, 6.07) is 21.5. The summed E-state index contributed by atoms with van der Waals surface area (Å²) in [5.41, 5.74) is 4.93. The fourth-order valence-corrected chi connectivity index (χ4v) is 3.86. The number of hydrogen-bond donors (Lipinski definition) is 1. The summed E-state index contributed by atoms with van der Waals surface area (Å²) in [7, 11) is 4.23. The molecular weight excluding hydrogens is 486 g/mol. The lowest BCUT2D eigenvalue weighted by Gasteiger charge is -2.12. The first kappa shape index (κ1) is 30.5. The first-order valence-corrected chi connectivity index (χ1v) is 9.98. The third-order valence-corrected chi connectivity index (χ3v) is 5.19. The highest BCUT2D eigenvalue weighted by Gasteiger charge is 2.14. The number of benzene rings is 2. The second kappa shape index (κ2) is 14.6. The molecule has 0 aliphatic rings. The number of halogens is 4. The van der Waals surface area contributed by atoms with Crippen LogP contribution in [0.4, 0.5) is 0 Å². The van der Waals surface area contributed by atoms with E-state index in [2.05, 4.69) is 89.5 Å². The van der Waals surface area contributed by atoms with E-state index in [4.69, 9.17) is 4.98 Å². The van der Waals surface area contributed by atoms with Gasteiger partial charge in [-0.25, -0.2) is 0 Å². The van der Waals surface area contributed by atoms with Crippen LogP contribution >= 0.6 is 49.6 Å². The summed E-state index contributed by atoms with van der Waals surface area (Å²) in [6.45, 7) is 3.73. The zero-order valence-electron chi connectivity index (χ0n) is 18.4. The fraction of sp³-hybridized carbons (Fsp3) is 0.292. The van der Waals surface area contributed by atoms with Crippen molar-refractivity contribution in [3.8, 4) is 0 Å². The molecule has 0 saturated heterocycles. The zero-order chi connectivity index (χ0) is 19.3. The van der Waals surface area contributed by atoms with Crippen LogP contribution in [0.25, 0.3) is 21.8 Å². The molecule has 2 aromatic heterocycles. The van der Waals surface area contributed by atoms with Crippen LogP contribution in [0.15, 0.2) is 66.9 Å². The normalized spacial score (nSPS) is 10.2. The first-order chi connectivity index (χ1) is 13.7. The lowest BCUT2D eigenvalue weighted by Crippen LogP contribution is -2.21. The van der Waals surface area contributed by atoms with Crippen molar-refractivity contribution in [3.63, 3.8) is 0 Å². The molecule has 0 aliphatic heterocycles. The van der Waals surface area contributed by atoms with Gasteiger partial charge in [0.2, 0.25) is 0 Å². The lowest BCUT2D eigenvalue weighted by molar-refractivity contribution is 0.394. The number of nitrogens with zero attached hydrogens (tertiary/aromatic N) is 3. The van der Waals surface area contributed by atoms with Gasteiger partial charge in [-0.2, -0.15) is 0 Å². The van der Waals surface area contributed by atoms with E-state index < -0.39 is 0 Å². The molecule has 8 heteroatoms. The summed E-state index contributed by atoms with van der Waals surface area (Å²) >= 11 is 0. The molecule has 4 nitrogen and oxygen atoms in total. The van der Waals surface area contributed by atoms with Crippen molar-refractivity contribution in [2.24, 2.45) is 0 Å². The van der Waals surface area contributed by atoms with Crippen LogP contribution < -0.4 is 5.32 Å². The average molecular weight is 518 g/mol. The molecule has 0 saturated carbocycles. The highest BCUT2D eigenvalue weighted by atomic mass is 35.5. The molecule has 0 spiro atoms. The highest BCUT2D eigenvalue weighted by Crippen LogP contribution is 2.31. The van der Waals surface area contributed by atoms with E-state index in [9.17, 15) is 0 Å². The van der Waals surface area contributed by atoms with E-state index >= 15 is 0 Å². The van der Waals surface area contributed by atoms with Crippen LogP contribution in [0.1, 0.15) is 17.7 Å². The van der Waals surface area contributed by atoms with E-state index in [1.807, 2.05) is 6.20 Å². The monoisotopic (exact) mass is 516 g/mol. The number of rotatable bonds is 8. The molecule has 0 aliphatic carbocycles. The standard InChI is InChI=1S/C24H28N4.4ClH/c1-27(2)16-8-14-25-17-22-24-21(13-15-26-22)20-11-6-7-12-23(20)28(24)18-19-9-4-3-5-10-19;;;;/h3-7,9-13,15,25H,8,14,16-18H2,1-2H3;4*1H. The maximum absolute atomic E-state index is 4.74. The molecule has 1 N–H and O–H groups in total. The molecule has 4 aromatic rings. The second-order valence-electron chi connectivity index (χ2n) is 7.58. The lowest BCUT2D eigenvalue weighted by atomic mass is 10.1. The van der Waals surface area contributed by atoms with Gasteiger partial charge in [0.25, 0.3) is 0 Å². The van der Waals surface area contributed by atoms with Crippen LogP contribution in [0.5, 0.6) is 0 Å². The van der Waals surface area contributed by atoms with Crippen LogP contribution in [-0.4, -0.2) is 41.6 Å². The Morgan fingerprint density at radius 3 is 2.25 bits per heavy atom. The van der Waals surface area contributed by atoms with Gasteiger partial charge in [0.15, 0.2) is 0 Å². The molecule has 0 fully saturated rings. The minimum atomic E-state index is 0. The van der Waals surface area contributed by atoms with E-state index in [0.717, 1.165) is 38.3 Å². The van der Waals surface area contributed by atoms with Crippen molar-refractivity contribution < 1.29 is 0 Å². The minimum absolute atomic E-state index is 0. The van der Waals surface area contributed by atoms with Gasteiger partial charge in [0.1, 0.15) is 0 Å². The molecule has 32 heavy (non-hydrogen) atoms. The fourth-order valence-electron chi connectivity index (χ4n) is 3.86. The van der Waals surface area contributed by atoms with E-state index in [0.29, 0.717) is 0 Å². The Morgan fingerprint density at radius 2 is 1.53 bits per heavy atom. The molecule has 2 aromatic carbocycles. The highest BCUT2D eigenvalue weighted by molar-refractivity contribution is 6.08. The second-order valence-corrected chi connectivity index (χ2v) is 7.58. The molecule has 0 amide bonds. The van der Waals surface area contributed by atoms with Gasteiger partial charge in [0, 0.05) is 35.6 Å². The molecule has 0 radical (unpaired) electrons. The van der Waals surface area contributed by atoms with Crippen LogP contribution in [0.2, 0.25) is 0 Å². The molecule has 0 bridgehead atoms. The maximum Gasteiger partial charge on any atom is 0.0784 e. The zero-order valence-corrected chi connectivity index (χ0v) is 21.6. The van der Waals surface area contributed by atoms with Crippen molar-refractivity contribution in [1.82, 2.24) is 19.8 Å². The van der Waals surface area contributed by atoms with Gasteiger partial charge >= 0.3 is 0 Å². The van der Waals surface area contributed by atoms with E-state index in [1.54, 1.807) is 0 Å². The number of para-hydroxylation sites is 1. The Morgan fingerprint density at radius 1 is 0.844 bits per heavy atom. The predicted octanol–water partition coefficient (Wildman–Crippen LogP) is 5.97. The number of hydrogen-bond acceptors (Lipinski definition) is 3. The Kier molecular flexibility index (Phi) is 13.9. The van der Waals surface area contributed by atoms with Gasteiger partial charge < -0.3 is 14.8 Å². The average Bonchev–Trinajstić information content (AvgIpc) is 3.03. The van der Waals surface area contributed by atoms with Crippen molar-refractivity contribution in [1.29, 1.82) is 0 Å². The first-order valence-electron chi connectivity index (χ1n) is 9.98. The minimum Gasteiger partial charge on any atom is -0.334 e. The van der Waals surface area contributed by atoms with E-state index in [-0.39, 0.29) is 49.6 Å². The van der Waals surface area contributed by atoms with Crippen LogP contribution in [0.3, 0.4) is 0 Å². The van der Waals surface area contributed by atoms with E-state index in [1.165, 1.54) is 27.4 Å². The topological polar surface area (TPSA) is 33.1 Å². The molecule has 0 unspecified atom stereocenters. The molecular formula is C24H32Cl4N4. The molecule has 0 atom stereocenters. The summed E-state index contributed by atoms with van der Waals surface area (Å²) in [4.78, 5) is 6.96. The smallest absolute Gasteiger partial charge is 0.0784 e. The summed E-state index contributed by atoms with van der Waals surface area (Å²) in [5, 5.41) is 6.16. The van der Waals surface area contributed by atoms with Crippen molar-refractivity contribution in [2.75, 3.05) is 27.2 Å². The van der Waals surface area contributed by atoms with Gasteiger partial charge in [-0.1, -0.05) is 48.5 Å². The van der Waals surface area contributed by atoms with Crippen LogP contribution in [-0.2, 0) is 13.1 Å². The number of aromatic nitrogens is 2. The van der Waals surface area contributed by atoms with Gasteiger partial charge in [-0.05, 0) is 51.3 Å². The maximum atomic E-state index is 4.74. The quantitative estimate of drug-likeness (QED) is 0.292. The Labute approximate surface area is 215 Å². The Balaban J connectivity index is 0.00000240. The van der Waals surface area contributed by atoms with Crippen molar-refractivity contribution in [2.45, 2.75) is 19.5 Å². The van der Waals surface area contributed by atoms with Gasteiger partial charge in [-0.15, -0.1) is 49.6 Å². The summed E-state index contributed by atoms with van der Waals surface area (Å²) < 4.78 is 2.42. The molecule has 4 rings (SSSR count). The number of fused-ring (bicyclic) bond motifs is 3. The number of pyridine rings is 1. The van der Waals surface area contributed by atoms with Crippen molar-refractivity contribution in [3.05, 3.63) is 78.1 Å². The molecule has 2 heterocycles. The largest absolute Gasteiger partial charge is 0.334 e. The Bertz CT molecular complexity index is 1070. The van der Waals surface area contributed by atoms with Crippen molar-refractivity contribution >= 4 is 71.4 Å². The molecule has 176 valence electrons. The summed E-state index contributed by atoms with van der Waals surface area (Å²) in [6.07, 6.45) is 3.08. The number of nitrogens with one attached hydrogen (secondary N) is 1. The third-order valence-electron chi connectivity index (χ3n) is 5.19. The summed E-state index contributed by atoms with van der Waals surface area (Å²) in [5.74, 6) is 0. The predicted molar refractivity (Wildman–Crippen MR) is 147 cm³/mol. The van der Waals surface area contributed by atoms with Gasteiger partial charge in [0.05, 0.1) is 11.2 Å². The third kappa shape index (κ3) is 6.98. The Hall–Kier alpha value is -1.53. The van der Waals surface area contributed by atoms with Crippen LogP contribution in [0, 0.1) is 0 Å².